The van der Waals surface area contributed by atoms with E-state index >= 15 is 0 Å². The number of anilines is 1. The molecule has 3 unspecified atom stereocenters. The lowest BCUT2D eigenvalue weighted by atomic mass is 9.70. The molecule has 3 saturated heterocycles. The van der Waals surface area contributed by atoms with Gasteiger partial charge in [0.1, 0.15) is 11.6 Å². The molecule has 0 aromatic heterocycles. The number of aliphatic hydroxyl groups is 1. The van der Waals surface area contributed by atoms with Crippen LogP contribution in [0.5, 0.6) is 0 Å². The lowest BCUT2D eigenvalue weighted by molar-refractivity contribution is -0.141. The van der Waals surface area contributed by atoms with E-state index < -0.39 is 29.6 Å². The van der Waals surface area contributed by atoms with Crippen molar-refractivity contribution in [2.45, 2.75) is 68.0 Å². The second-order valence-electron chi connectivity index (χ2n) is 9.48. The van der Waals surface area contributed by atoms with Crippen molar-refractivity contribution in [3.8, 4) is 0 Å². The molecule has 0 radical (unpaired) electrons. The van der Waals surface area contributed by atoms with Crippen LogP contribution in [0.15, 0.2) is 30.3 Å². The minimum Gasteiger partial charge on any atom is -0.396 e. The molecular weight excluding hydrogens is 502 g/mol. The number of hydrogen-bond acceptors (Lipinski definition) is 5. The highest BCUT2D eigenvalue weighted by Crippen LogP contribution is 2.60. The predicted octanol–water partition coefficient (Wildman–Crippen LogP) is 2.45. The summed E-state index contributed by atoms with van der Waals surface area (Å²) in [6.45, 7) is 3.09. The standard InChI is InChI=1S/C25H34BrN3O5/c1-2-3-12-27-23(32)21-25-15-17(26)20(34-25)18(22(31)28-16-10-6-4-7-11-16)19(25)24(33)29(21)13-8-5-9-14-30/h4,6-7,10-11,17-21,30H,2-3,5,8-9,12-15H2,1H3,(H,27,32)(H,28,31)/t17?,18-,19+,20-,21?,25?/m1/s1. The highest BCUT2D eigenvalue weighted by atomic mass is 79.9. The topological polar surface area (TPSA) is 108 Å². The Labute approximate surface area is 208 Å². The number of halogens is 1. The Bertz CT molecular complexity index is 900. The Morgan fingerprint density at radius 1 is 1.18 bits per heavy atom. The summed E-state index contributed by atoms with van der Waals surface area (Å²) in [5, 5.41) is 15.1. The molecule has 186 valence electrons. The van der Waals surface area contributed by atoms with E-state index in [-0.39, 0.29) is 29.2 Å². The largest absolute Gasteiger partial charge is 0.396 e. The lowest BCUT2D eigenvalue weighted by Crippen LogP contribution is -2.56. The number of aliphatic hydroxyl groups excluding tert-OH is 1. The van der Waals surface area contributed by atoms with Crippen LogP contribution in [-0.4, -0.2) is 70.0 Å². The molecule has 9 heteroatoms. The minimum absolute atomic E-state index is 0.0965. The fraction of sp³-hybridized carbons (Fsp3) is 0.640. The van der Waals surface area contributed by atoms with Gasteiger partial charge in [-0.2, -0.15) is 0 Å². The fourth-order valence-electron chi connectivity index (χ4n) is 5.77. The number of hydrogen-bond donors (Lipinski definition) is 3. The van der Waals surface area contributed by atoms with Crippen LogP contribution >= 0.6 is 15.9 Å². The summed E-state index contributed by atoms with van der Waals surface area (Å²) < 4.78 is 6.46. The molecular formula is C25H34BrN3O5. The second-order valence-corrected chi connectivity index (χ2v) is 10.7. The Kier molecular flexibility index (Phi) is 7.94. The van der Waals surface area contributed by atoms with Crippen molar-refractivity contribution in [3.05, 3.63) is 30.3 Å². The van der Waals surface area contributed by atoms with E-state index in [0.29, 0.717) is 38.0 Å². The second kappa shape index (κ2) is 10.7. The molecule has 1 aromatic rings. The summed E-state index contributed by atoms with van der Waals surface area (Å²) in [6.07, 6.45) is 3.91. The SMILES string of the molecule is CCCCNC(=O)C1N(CCCCCO)C(=O)[C@@H]2[C@@H](C(=O)Nc3ccccc3)[C@@H]3OC12CC3Br. The summed E-state index contributed by atoms with van der Waals surface area (Å²) in [5.41, 5.74) is -0.363. The first-order valence-electron chi connectivity index (χ1n) is 12.3. The van der Waals surface area contributed by atoms with E-state index in [0.717, 1.165) is 19.3 Å². The van der Waals surface area contributed by atoms with Crippen molar-refractivity contribution < 1.29 is 24.2 Å². The number of unbranched alkanes of at least 4 members (excludes halogenated alkanes) is 3. The van der Waals surface area contributed by atoms with Gasteiger partial charge < -0.3 is 25.4 Å². The van der Waals surface area contributed by atoms with Gasteiger partial charge in [-0.05, 0) is 44.2 Å². The highest BCUT2D eigenvalue weighted by molar-refractivity contribution is 9.09. The van der Waals surface area contributed by atoms with Gasteiger partial charge in [-0.1, -0.05) is 47.5 Å². The maximum absolute atomic E-state index is 13.8. The monoisotopic (exact) mass is 535 g/mol. The number of alkyl halides is 1. The van der Waals surface area contributed by atoms with Gasteiger partial charge >= 0.3 is 0 Å². The van der Waals surface area contributed by atoms with Crippen LogP contribution in [0.3, 0.4) is 0 Å². The quantitative estimate of drug-likeness (QED) is 0.298. The van der Waals surface area contributed by atoms with Crippen LogP contribution < -0.4 is 10.6 Å². The summed E-state index contributed by atoms with van der Waals surface area (Å²) in [4.78, 5) is 42.1. The van der Waals surface area contributed by atoms with E-state index in [4.69, 9.17) is 9.84 Å². The minimum atomic E-state index is -1.03. The van der Waals surface area contributed by atoms with Crippen LogP contribution in [0, 0.1) is 11.8 Å². The normalized spacial score (nSPS) is 31.6. The van der Waals surface area contributed by atoms with Gasteiger partial charge in [-0.15, -0.1) is 0 Å². The van der Waals surface area contributed by atoms with E-state index in [2.05, 4.69) is 33.5 Å². The summed E-state index contributed by atoms with van der Waals surface area (Å²) in [6, 6.07) is 8.40. The number of likely N-dealkylation sites (tertiary alicyclic amines) is 1. The lowest BCUT2D eigenvalue weighted by Gasteiger charge is -2.34. The van der Waals surface area contributed by atoms with Crippen molar-refractivity contribution in [1.29, 1.82) is 0 Å². The number of ether oxygens (including phenoxy) is 1. The smallest absolute Gasteiger partial charge is 0.245 e. The van der Waals surface area contributed by atoms with Crippen LogP contribution in [0.4, 0.5) is 5.69 Å². The molecule has 3 N–H and O–H groups in total. The maximum Gasteiger partial charge on any atom is 0.245 e. The van der Waals surface area contributed by atoms with Gasteiger partial charge in [-0.3, -0.25) is 14.4 Å². The predicted molar refractivity (Wildman–Crippen MR) is 131 cm³/mol. The molecule has 34 heavy (non-hydrogen) atoms. The summed E-state index contributed by atoms with van der Waals surface area (Å²) in [7, 11) is 0. The first kappa shape index (κ1) is 25.1. The summed E-state index contributed by atoms with van der Waals surface area (Å²) >= 11 is 3.68. The average Bonchev–Trinajstić information content (AvgIpc) is 3.41. The van der Waals surface area contributed by atoms with Gasteiger partial charge in [0, 0.05) is 30.2 Å². The molecule has 6 atom stereocenters. The zero-order valence-electron chi connectivity index (χ0n) is 19.5. The number of carbonyl (C=O) groups excluding carboxylic acids is 3. The number of para-hydroxylation sites is 1. The number of amides is 3. The van der Waals surface area contributed by atoms with E-state index in [1.54, 1.807) is 17.0 Å². The molecule has 3 fully saturated rings. The van der Waals surface area contributed by atoms with Gasteiger partial charge in [0.05, 0.1) is 17.9 Å². The third-order valence-electron chi connectivity index (χ3n) is 7.27. The van der Waals surface area contributed by atoms with Crippen LogP contribution in [0.1, 0.15) is 45.4 Å². The van der Waals surface area contributed by atoms with Crippen molar-refractivity contribution in [2.24, 2.45) is 11.8 Å². The van der Waals surface area contributed by atoms with E-state index in [9.17, 15) is 14.4 Å². The van der Waals surface area contributed by atoms with Crippen LogP contribution in [0.25, 0.3) is 0 Å². The van der Waals surface area contributed by atoms with Crippen molar-refractivity contribution in [1.82, 2.24) is 10.2 Å². The molecule has 4 rings (SSSR count). The Morgan fingerprint density at radius 2 is 1.94 bits per heavy atom. The van der Waals surface area contributed by atoms with Crippen molar-refractivity contribution >= 4 is 39.3 Å². The zero-order valence-corrected chi connectivity index (χ0v) is 21.1. The number of carbonyl (C=O) groups is 3. The fourth-order valence-corrected chi connectivity index (χ4v) is 6.72. The summed E-state index contributed by atoms with van der Waals surface area (Å²) in [5.74, 6) is -2.03. The molecule has 0 aliphatic carbocycles. The molecule has 1 spiro atoms. The molecule has 1 aromatic carbocycles. The van der Waals surface area contributed by atoms with E-state index in [1.807, 2.05) is 18.2 Å². The highest BCUT2D eigenvalue weighted by Gasteiger charge is 2.76. The average molecular weight is 536 g/mol. The first-order chi connectivity index (χ1) is 16.4. The molecule has 0 saturated carbocycles. The van der Waals surface area contributed by atoms with E-state index in [1.165, 1.54) is 0 Å². The third kappa shape index (κ3) is 4.50. The number of benzene rings is 1. The van der Waals surface area contributed by atoms with Gasteiger partial charge in [0.25, 0.3) is 0 Å². The first-order valence-corrected chi connectivity index (χ1v) is 13.2. The number of nitrogens with zero attached hydrogens (tertiary/aromatic N) is 1. The molecule has 3 aliphatic heterocycles. The molecule has 2 bridgehead atoms. The van der Waals surface area contributed by atoms with Crippen LogP contribution in [0.2, 0.25) is 0 Å². The Morgan fingerprint density at radius 3 is 2.65 bits per heavy atom. The Balaban J connectivity index is 1.62. The number of rotatable bonds is 11. The Hall–Kier alpha value is -1.97. The molecule has 3 amide bonds. The molecule has 3 heterocycles. The molecule has 3 aliphatic rings. The molecule has 8 nitrogen and oxygen atoms in total. The maximum atomic E-state index is 13.8. The number of fused-ring (bicyclic) bond motifs is 1. The third-order valence-corrected chi connectivity index (χ3v) is 8.11. The van der Waals surface area contributed by atoms with Crippen molar-refractivity contribution in [2.75, 3.05) is 25.0 Å². The van der Waals surface area contributed by atoms with Crippen LogP contribution in [-0.2, 0) is 19.1 Å². The van der Waals surface area contributed by atoms with Gasteiger partial charge in [0.15, 0.2) is 0 Å². The zero-order chi connectivity index (χ0) is 24.3. The number of nitrogens with one attached hydrogen (secondary N) is 2. The van der Waals surface area contributed by atoms with Crippen molar-refractivity contribution in [3.63, 3.8) is 0 Å². The van der Waals surface area contributed by atoms with Gasteiger partial charge in [-0.25, -0.2) is 0 Å². The van der Waals surface area contributed by atoms with Gasteiger partial charge in [0.2, 0.25) is 17.7 Å².